The molecule has 0 fully saturated rings. The van der Waals surface area contributed by atoms with Gasteiger partial charge in [-0.25, -0.2) is 18.6 Å². The van der Waals surface area contributed by atoms with E-state index in [1.165, 1.54) is 18.3 Å². The first-order valence-corrected chi connectivity index (χ1v) is 6.39. The van der Waals surface area contributed by atoms with Crippen molar-refractivity contribution in [3.05, 3.63) is 65.9 Å². The molecule has 0 aliphatic rings. The molecule has 0 aliphatic heterocycles. The van der Waals surface area contributed by atoms with E-state index in [-0.39, 0.29) is 11.3 Å². The number of anilines is 2. The van der Waals surface area contributed by atoms with Crippen molar-refractivity contribution >= 4 is 28.2 Å². The summed E-state index contributed by atoms with van der Waals surface area (Å²) in [5.74, 6) is -2.20. The van der Waals surface area contributed by atoms with E-state index in [0.717, 1.165) is 12.1 Å². The number of nitrogens with zero attached hydrogens (tertiary/aromatic N) is 1. The van der Waals surface area contributed by atoms with E-state index in [0.29, 0.717) is 16.6 Å². The van der Waals surface area contributed by atoms with Crippen LogP contribution in [0.1, 0.15) is 10.4 Å². The maximum atomic E-state index is 13.7. The first-order valence-electron chi connectivity index (χ1n) is 6.39. The second kappa shape index (κ2) is 5.40. The van der Waals surface area contributed by atoms with Crippen LogP contribution < -0.4 is 5.32 Å². The Morgan fingerprint density at radius 2 is 1.91 bits per heavy atom. The predicted octanol–water partition coefficient (Wildman–Crippen LogP) is 3.95. The third-order valence-electron chi connectivity index (χ3n) is 3.22. The zero-order valence-electron chi connectivity index (χ0n) is 11.2. The molecular weight excluding hydrogens is 290 g/mol. The van der Waals surface area contributed by atoms with Gasteiger partial charge in [0, 0.05) is 23.0 Å². The molecule has 3 rings (SSSR count). The topological polar surface area (TPSA) is 62.2 Å². The highest BCUT2D eigenvalue weighted by Gasteiger charge is 2.12. The normalized spacial score (nSPS) is 10.6. The van der Waals surface area contributed by atoms with Gasteiger partial charge in [0.25, 0.3) is 0 Å². The summed E-state index contributed by atoms with van der Waals surface area (Å²) in [4.78, 5) is 15.3. The first-order chi connectivity index (χ1) is 10.6. The molecule has 0 bridgehead atoms. The molecule has 0 unspecified atom stereocenters. The number of nitrogens with one attached hydrogen (secondary N) is 1. The van der Waals surface area contributed by atoms with Crippen LogP contribution in [-0.2, 0) is 0 Å². The fourth-order valence-electron chi connectivity index (χ4n) is 2.21. The van der Waals surface area contributed by atoms with E-state index in [1.807, 2.05) is 0 Å². The van der Waals surface area contributed by atoms with Crippen LogP contribution in [0.2, 0.25) is 0 Å². The van der Waals surface area contributed by atoms with E-state index < -0.39 is 17.6 Å². The first kappa shape index (κ1) is 13.9. The van der Waals surface area contributed by atoms with Gasteiger partial charge in [0.15, 0.2) is 0 Å². The number of benzene rings is 2. The Morgan fingerprint density at radius 1 is 1.09 bits per heavy atom. The maximum Gasteiger partial charge on any atom is 0.336 e. The lowest BCUT2D eigenvalue weighted by molar-refractivity contribution is 0.0699. The molecule has 4 nitrogen and oxygen atoms in total. The fraction of sp³-hybridized carbons (Fsp3) is 0. The maximum absolute atomic E-state index is 13.7. The minimum atomic E-state index is -1.06. The van der Waals surface area contributed by atoms with Crippen molar-refractivity contribution in [2.75, 3.05) is 5.32 Å². The molecule has 0 aliphatic carbocycles. The van der Waals surface area contributed by atoms with E-state index in [1.54, 1.807) is 18.2 Å². The van der Waals surface area contributed by atoms with Gasteiger partial charge in [-0.15, -0.1) is 0 Å². The summed E-state index contributed by atoms with van der Waals surface area (Å²) in [6.07, 6.45) is 1.43. The number of aromatic nitrogens is 1. The Bertz CT molecular complexity index is 881. The molecule has 0 saturated carbocycles. The summed E-state index contributed by atoms with van der Waals surface area (Å²) < 4.78 is 26.7. The summed E-state index contributed by atoms with van der Waals surface area (Å²) in [5.41, 5.74) is 0.185. The number of carbonyl (C=O) groups is 1. The zero-order valence-corrected chi connectivity index (χ0v) is 11.2. The quantitative estimate of drug-likeness (QED) is 0.768. The number of rotatable bonds is 3. The van der Waals surface area contributed by atoms with Gasteiger partial charge in [-0.2, -0.15) is 0 Å². The number of hydrogen-bond donors (Lipinski definition) is 2. The van der Waals surface area contributed by atoms with Gasteiger partial charge in [0.2, 0.25) is 0 Å². The lowest BCUT2D eigenvalue weighted by Crippen LogP contribution is -2.01. The third-order valence-corrected chi connectivity index (χ3v) is 3.22. The van der Waals surface area contributed by atoms with Gasteiger partial charge in [0.05, 0.1) is 11.3 Å². The number of carboxylic acid groups (broad SMARTS) is 1. The lowest BCUT2D eigenvalue weighted by atomic mass is 10.1. The average molecular weight is 300 g/mol. The number of fused-ring (bicyclic) bond motifs is 1. The molecule has 0 spiro atoms. The smallest absolute Gasteiger partial charge is 0.336 e. The minimum absolute atomic E-state index is 0.0575. The van der Waals surface area contributed by atoms with Gasteiger partial charge in [-0.1, -0.05) is 12.1 Å². The fourth-order valence-corrected chi connectivity index (χ4v) is 2.21. The van der Waals surface area contributed by atoms with Crippen molar-refractivity contribution < 1.29 is 18.7 Å². The van der Waals surface area contributed by atoms with Gasteiger partial charge in [-0.05, 0) is 24.3 Å². The Kier molecular flexibility index (Phi) is 3.42. The standard InChI is InChI=1S/C16H10F2N2O2/c17-9-4-5-14(13(18)8-9)20-15-11-2-1-3-12(16(21)22)10(11)6-7-19-15/h1-8H,(H,19,20)(H,21,22). The van der Waals surface area contributed by atoms with Gasteiger partial charge < -0.3 is 10.4 Å². The molecule has 1 heterocycles. The SMILES string of the molecule is O=C(O)c1cccc2c(Nc3ccc(F)cc3F)nccc12. The van der Waals surface area contributed by atoms with E-state index in [9.17, 15) is 18.7 Å². The number of aromatic carboxylic acids is 1. The molecule has 0 amide bonds. The molecule has 0 atom stereocenters. The summed E-state index contributed by atoms with van der Waals surface area (Å²) in [7, 11) is 0. The second-order valence-electron chi connectivity index (χ2n) is 4.61. The number of halogens is 2. The molecule has 3 aromatic rings. The highest BCUT2D eigenvalue weighted by atomic mass is 19.1. The van der Waals surface area contributed by atoms with Crippen LogP contribution in [0.3, 0.4) is 0 Å². The van der Waals surface area contributed by atoms with Crippen molar-refractivity contribution in [1.29, 1.82) is 0 Å². The average Bonchev–Trinajstić information content (AvgIpc) is 2.49. The van der Waals surface area contributed by atoms with Gasteiger partial charge in [0.1, 0.15) is 17.5 Å². The molecule has 0 radical (unpaired) electrons. The molecule has 110 valence electrons. The van der Waals surface area contributed by atoms with E-state index >= 15 is 0 Å². The Hall–Kier alpha value is -3.02. The summed E-state index contributed by atoms with van der Waals surface area (Å²) in [6, 6.07) is 9.46. The van der Waals surface area contributed by atoms with Crippen molar-refractivity contribution in [2.45, 2.75) is 0 Å². The number of hydrogen-bond acceptors (Lipinski definition) is 3. The summed E-state index contributed by atoms with van der Waals surface area (Å²) in [6.45, 7) is 0. The zero-order chi connectivity index (χ0) is 15.7. The summed E-state index contributed by atoms with van der Waals surface area (Å²) in [5, 5.41) is 13.0. The Labute approximate surface area is 124 Å². The van der Waals surface area contributed by atoms with Crippen molar-refractivity contribution in [3.63, 3.8) is 0 Å². The van der Waals surface area contributed by atoms with Crippen LogP contribution in [0.4, 0.5) is 20.3 Å². The summed E-state index contributed by atoms with van der Waals surface area (Å²) >= 11 is 0. The minimum Gasteiger partial charge on any atom is -0.478 e. The van der Waals surface area contributed by atoms with Crippen LogP contribution >= 0.6 is 0 Å². The van der Waals surface area contributed by atoms with Crippen LogP contribution in [-0.4, -0.2) is 16.1 Å². The monoisotopic (exact) mass is 300 g/mol. The predicted molar refractivity (Wildman–Crippen MR) is 78.3 cm³/mol. The number of carboxylic acids is 1. The molecule has 6 heteroatoms. The van der Waals surface area contributed by atoms with Gasteiger partial charge >= 0.3 is 5.97 Å². The van der Waals surface area contributed by atoms with Crippen LogP contribution in [0, 0.1) is 11.6 Å². The van der Waals surface area contributed by atoms with Crippen molar-refractivity contribution in [2.24, 2.45) is 0 Å². The lowest BCUT2D eigenvalue weighted by Gasteiger charge is -2.10. The second-order valence-corrected chi connectivity index (χ2v) is 4.61. The molecule has 2 aromatic carbocycles. The van der Waals surface area contributed by atoms with E-state index in [4.69, 9.17) is 0 Å². The largest absolute Gasteiger partial charge is 0.478 e. The van der Waals surface area contributed by atoms with Gasteiger partial charge in [-0.3, -0.25) is 0 Å². The van der Waals surface area contributed by atoms with Crippen LogP contribution in [0.15, 0.2) is 48.7 Å². The number of pyridine rings is 1. The molecule has 22 heavy (non-hydrogen) atoms. The molecular formula is C16H10F2N2O2. The van der Waals surface area contributed by atoms with Crippen LogP contribution in [0.5, 0.6) is 0 Å². The van der Waals surface area contributed by atoms with Crippen molar-refractivity contribution in [1.82, 2.24) is 4.98 Å². The molecule has 0 saturated heterocycles. The van der Waals surface area contributed by atoms with Crippen molar-refractivity contribution in [3.8, 4) is 0 Å². The van der Waals surface area contributed by atoms with E-state index in [2.05, 4.69) is 10.3 Å². The Balaban J connectivity index is 2.12. The van der Waals surface area contributed by atoms with Crippen LogP contribution in [0.25, 0.3) is 10.8 Å². The Morgan fingerprint density at radius 3 is 2.64 bits per heavy atom. The third kappa shape index (κ3) is 2.46. The highest BCUT2D eigenvalue weighted by molar-refractivity contribution is 6.06. The molecule has 1 aromatic heterocycles. The molecule has 2 N–H and O–H groups in total. The highest BCUT2D eigenvalue weighted by Crippen LogP contribution is 2.27.